The van der Waals surface area contributed by atoms with Gasteiger partial charge in [0.15, 0.2) is 0 Å². The van der Waals surface area contributed by atoms with Gasteiger partial charge in [0.2, 0.25) is 11.5 Å². The molecule has 4 nitrogen and oxygen atoms in total. The van der Waals surface area contributed by atoms with Crippen molar-refractivity contribution >= 4 is 34.3 Å². The average molecular weight is 267 g/mol. The second-order valence-corrected chi connectivity index (χ2v) is 4.35. The summed E-state index contributed by atoms with van der Waals surface area (Å²) in [5.74, 6) is -0.0200. The van der Waals surface area contributed by atoms with Gasteiger partial charge in [0.1, 0.15) is 17.2 Å². The zero-order valence-corrected chi connectivity index (χ0v) is 10.3. The topological polar surface area (TPSA) is 59.3 Å². The first kappa shape index (κ1) is 12.6. The van der Waals surface area contributed by atoms with Gasteiger partial charge >= 0.3 is 0 Å². The number of nitrogens with one attached hydrogen (secondary N) is 1. The van der Waals surface area contributed by atoms with Gasteiger partial charge in [-0.25, -0.2) is 4.39 Å². The molecular formula is C12H10FNO3S. The van der Waals surface area contributed by atoms with Gasteiger partial charge in [0, 0.05) is 5.39 Å². The minimum atomic E-state index is -0.490. The summed E-state index contributed by atoms with van der Waals surface area (Å²) < 4.78 is 18.8. The molecule has 2 rings (SSSR count). The summed E-state index contributed by atoms with van der Waals surface area (Å²) in [6.45, 7) is 0.201. The summed E-state index contributed by atoms with van der Waals surface area (Å²) in [5.41, 5.74) is 0.549. The average Bonchev–Trinajstić information content (AvgIpc) is 2.76. The van der Waals surface area contributed by atoms with Crippen LogP contribution in [0.2, 0.25) is 0 Å². The molecule has 1 heterocycles. The zero-order valence-electron chi connectivity index (χ0n) is 9.53. The fourth-order valence-corrected chi connectivity index (χ4v) is 2.03. The lowest BCUT2D eigenvalue weighted by molar-refractivity contribution is -0.109. The van der Waals surface area contributed by atoms with Crippen molar-refractivity contribution in [3.63, 3.8) is 0 Å². The molecule has 0 atom stereocenters. The van der Waals surface area contributed by atoms with E-state index in [1.54, 1.807) is 12.3 Å². The van der Waals surface area contributed by atoms with Crippen LogP contribution in [0.3, 0.4) is 0 Å². The fourth-order valence-electron chi connectivity index (χ4n) is 1.66. The number of halogens is 1. The SMILES string of the molecule is CSC(=O)c1cc(F)cc2cc(CNC=O)oc12. The Kier molecular flexibility index (Phi) is 3.66. The van der Waals surface area contributed by atoms with Crippen LogP contribution in [-0.2, 0) is 11.3 Å². The molecule has 1 aromatic carbocycles. The smallest absolute Gasteiger partial charge is 0.222 e. The molecule has 2 aromatic rings. The molecule has 1 aromatic heterocycles. The molecule has 0 saturated heterocycles. The van der Waals surface area contributed by atoms with Crippen LogP contribution in [0, 0.1) is 5.82 Å². The summed E-state index contributed by atoms with van der Waals surface area (Å²) in [7, 11) is 0. The third-order valence-electron chi connectivity index (χ3n) is 2.40. The highest BCUT2D eigenvalue weighted by Gasteiger charge is 2.15. The second kappa shape index (κ2) is 5.22. The van der Waals surface area contributed by atoms with Crippen LogP contribution in [0.25, 0.3) is 11.0 Å². The first-order chi connectivity index (χ1) is 8.65. The van der Waals surface area contributed by atoms with E-state index < -0.39 is 5.82 Å². The highest BCUT2D eigenvalue weighted by Crippen LogP contribution is 2.27. The summed E-state index contributed by atoms with van der Waals surface area (Å²) in [5, 5.41) is 2.69. The molecule has 18 heavy (non-hydrogen) atoms. The molecule has 0 aliphatic heterocycles. The van der Waals surface area contributed by atoms with E-state index in [9.17, 15) is 14.0 Å². The summed E-state index contributed by atoms with van der Waals surface area (Å²) in [6.07, 6.45) is 2.17. The molecule has 0 spiro atoms. The van der Waals surface area contributed by atoms with Crippen LogP contribution in [0.1, 0.15) is 16.1 Å². The van der Waals surface area contributed by atoms with Gasteiger partial charge in [0.25, 0.3) is 0 Å². The number of rotatable bonds is 4. The van der Waals surface area contributed by atoms with Crippen molar-refractivity contribution in [2.45, 2.75) is 6.54 Å². The van der Waals surface area contributed by atoms with E-state index in [1.807, 2.05) is 0 Å². The van der Waals surface area contributed by atoms with Crippen LogP contribution >= 0.6 is 11.8 Å². The Hall–Kier alpha value is -1.82. The number of hydrogen-bond donors (Lipinski definition) is 1. The maximum atomic E-state index is 13.4. The van der Waals surface area contributed by atoms with Crippen LogP contribution in [0.4, 0.5) is 4.39 Å². The monoisotopic (exact) mass is 267 g/mol. The van der Waals surface area contributed by atoms with E-state index in [-0.39, 0.29) is 17.2 Å². The molecule has 0 aliphatic rings. The van der Waals surface area contributed by atoms with Gasteiger partial charge in [-0.1, -0.05) is 11.8 Å². The number of amides is 1. The van der Waals surface area contributed by atoms with Gasteiger partial charge in [0.05, 0.1) is 12.1 Å². The molecule has 1 N–H and O–H groups in total. The predicted molar refractivity (Wildman–Crippen MR) is 66.9 cm³/mol. The number of benzene rings is 1. The number of furan rings is 1. The standard InChI is InChI=1S/C12H10FNO3S/c1-18-12(16)10-4-8(13)2-7-3-9(5-14-6-15)17-11(7)10/h2-4,6H,5H2,1H3,(H,14,15). The number of hydrogen-bond acceptors (Lipinski definition) is 4. The van der Waals surface area contributed by atoms with Crippen LogP contribution in [0.15, 0.2) is 22.6 Å². The van der Waals surface area contributed by atoms with E-state index in [2.05, 4.69) is 5.32 Å². The van der Waals surface area contributed by atoms with Crippen molar-refractivity contribution in [2.24, 2.45) is 0 Å². The lowest BCUT2D eigenvalue weighted by Gasteiger charge is -1.99. The quantitative estimate of drug-likeness (QED) is 0.864. The van der Waals surface area contributed by atoms with Crippen molar-refractivity contribution in [3.05, 3.63) is 35.3 Å². The fraction of sp³-hybridized carbons (Fsp3) is 0.167. The molecule has 0 radical (unpaired) electrons. The summed E-state index contributed by atoms with van der Waals surface area (Å²) in [6, 6.07) is 4.05. The van der Waals surface area contributed by atoms with Crippen LogP contribution in [-0.4, -0.2) is 17.8 Å². The molecule has 0 bridgehead atoms. The molecule has 94 valence electrons. The molecular weight excluding hydrogens is 257 g/mol. The highest BCUT2D eigenvalue weighted by atomic mass is 32.2. The lowest BCUT2D eigenvalue weighted by Crippen LogP contribution is -2.08. The van der Waals surface area contributed by atoms with Crippen molar-refractivity contribution in [1.82, 2.24) is 5.32 Å². The first-order valence-corrected chi connectivity index (χ1v) is 6.35. The largest absolute Gasteiger partial charge is 0.458 e. The Labute approximate surface area is 107 Å². The Balaban J connectivity index is 2.52. The van der Waals surface area contributed by atoms with Gasteiger partial charge in [-0.3, -0.25) is 9.59 Å². The minimum Gasteiger partial charge on any atom is -0.458 e. The van der Waals surface area contributed by atoms with Gasteiger partial charge < -0.3 is 9.73 Å². The first-order valence-electron chi connectivity index (χ1n) is 5.13. The zero-order chi connectivity index (χ0) is 13.1. The van der Waals surface area contributed by atoms with Crippen molar-refractivity contribution in [3.8, 4) is 0 Å². The molecule has 1 amide bonds. The van der Waals surface area contributed by atoms with E-state index in [4.69, 9.17) is 4.42 Å². The normalized spacial score (nSPS) is 10.6. The van der Waals surface area contributed by atoms with Crippen molar-refractivity contribution in [2.75, 3.05) is 6.26 Å². The third-order valence-corrected chi connectivity index (χ3v) is 2.99. The lowest BCUT2D eigenvalue weighted by atomic mass is 10.1. The highest BCUT2D eigenvalue weighted by molar-refractivity contribution is 8.13. The number of thioether (sulfide) groups is 1. The molecule has 6 heteroatoms. The summed E-state index contributed by atoms with van der Waals surface area (Å²) in [4.78, 5) is 21.9. The van der Waals surface area contributed by atoms with Crippen molar-refractivity contribution in [1.29, 1.82) is 0 Å². The number of carbonyl (C=O) groups excluding carboxylic acids is 2. The van der Waals surface area contributed by atoms with Crippen molar-refractivity contribution < 1.29 is 18.4 Å². The second-order valence-electron chi connectivity index (χ2n) is 3.57. The molecule has 0 fully saturated rings. The minimum absolute atomic E-state index is 0.201. The molecule has 0 unspecified atom stereocenters. The molecule has 0 saturated carbocycles. The Bertz CT molecular complexity index is 609. The Morgan fingerprint density at radius 2 is 2.28 bits per heavy atom. The maximum Gasteiger partial charge on any atom is 0.222 e. The number of fused-ring (bicyclic) bond motifs is 1. The predicted octanol–water partition coefficient (Wildman–Crippen LogP) is 2.32. The Morgan fingerprint density at radius 1 is 1.50 bits per heavy atom. The van der Waals surface area contributed by atoms with Crippen LogP contribution < -0.4 is 5.32 Å². The maximum absolute atomic E-state index is 13.4. The molecule has 0 aliphatic carbocycles. The van der Waals surface area contributed by atoms with E-state index >= 15 is 0 Å². The van der Waals surface area contributed by atoms with E-state index in [1.165, 1.54) is 6.07 Å². The number of carbonyl (C=O) groups is 2. The van der Waals surface area contributed by atoms with Gasteiger partial charge in [-0.05, 0) is 24.5 Å². The third kappa shape index (κ3) is 2.38. The Morgan fingerprint density at radius 3 is 2.94 bits per heavy atom. The van der Waals surface area contributed by atoms with E-state index in [0.29, 0.717) is 23.1 Å². The van der Waals surface area contributed by atoms with Gasteiger partial charge in [-0.15, -0.1) is 0 Å². The van der Waals surface area contributed by atoms with Crippen LogP contribution in [0.5, 0.6) is 0 Å². The summed E-state index contributed by atoms with van der Waals surface area (Å²) >= 11 is 0.991. The van der Waals surface area contributed by atoms with E-state index in [0.717, 1.165) is 17.8 Å². The van der Waals surface area contributed by atoms with Gasteiger partial charge in [-0.2, -0.15) is 0 Å².